The molecule has 0 aliphatic heterocycles. The van der Waals surface area contributed by atoms with Gasteiger partial charge in [-0.2, -0.15) is 0 Å². The fraction of sp³-hybridized carbons (Fsp3) is 0.846. The molecule has 0 amide bonds. The van der Waals surface area contributed by atoms with Gasteiger partial charge in [0.25, 0.3) is 0 Å². The van der Waals surface area contributed by atoms with Crippen LogP contribution in [0.5, 0.6) is 0 Å². The largest absolute Gasteiger partial charge is 0.390 e. The van der Waals surface area contributed by atoms with E-state index in [1.54, 1.807) is 0 Å². The van der Waals surface area contributed by atoms with Crippen LogP contribution in [0.25, 0.3) is 0 Å². The molecule has 0 aromatic heterocycles. The maximum atomic E-state index is 10.2. The molecule has 1 nitrogen and oxygen atoms in total. The Morgan fingerprint density at radius 2 is 2.07 bits per heavy atom. The van der Waals surface area contributed by atoms with Gasteiger partial charge in [-0.3, -0.25) is 0 Å². The molecule has 0 saturated carbocycles. The minimum atomic E-state index is -0.495. The van der Waals surface area contributed by atoms with E-state index in [4.69, 9.17) is 0 Å². The maximum Gasteiger partial charge on any atom is 0.0645 e. The van der Waals surface area contributed by atoms with Gasteiger partial charge in [0.2, 0.25) is 0 Å². The highest BCUT2D eigenvalue weighted by atomic mass is 16.3. The van der Waals surface area contributed by atoms with E-state index < -0.39 is 5.60 Å². The van der Waals surface area contributed by atoms with Crippen LogP contribution in [0.4, 0.5) is 0 Å². The molecule has 1 heteroatoms. The zero-order chi connectivity index (χ0) is 11.2. The lowest BCUT2D eigenvalue weighted by molar-refractivity contribution is -0.00677. The summed E-state index contributed by atoms with van der Waals surface area (Å²) in [7, 11) is 0. The summed E-state index contributed by atoms with van der Waals surface area (Å²) in [6.07, 6.45) is 5.24. The van der Waals surface area contributed by atoms with Gasteiger partial charge < -0.3 is 5.11 Å². The molecule has 0 bridgehead atoms. The van der Waals surface area contributed by atoms with Gasteiger partial charge in [-0.1, -0.05) is 25.8 Å². The van der Waals surface area contributed by atoms with Crippen LogP contribution in [0.1, 0.15) is 59.8 Å². The highest BCUT2D eigenvalue weighted by molar-refractivity contribution is 4.89. The summed E-state index contributed by atoms with van der Waals surface area (Å²) in [6.45, 7) is 12.2. The molecule has 0 rings (SSSR count). The van der Waals surface area contributed by atoms with Gasteiger partial charge in [0.05, 0.1) is 5.60 Å². The van der Waals surface area contributed by atoms with Crippen molar-refractivity contribution in [2.24, 2.45) is 5.92 Å². The van der Waals surface area contributed by atoms with E-state index in [0.717, 1.165) is 32.1 Å². The average Bonchev–Trinajstić information content (AvgIpc) is 2.03. The Labute approximate surface area is 89.2 Å². The number of hydrogen-bond donors (Lipinski definition) is 1. The first-order valence-corrected chi connectivity index (χ1v) is 5.77. The predicted molar refractivity (Wildman–Crippen MR) is 63.4 cm³/mol. The molecular weight excluding hydrogens is 172 g/mol. The first-order valence-electron chi connectivity index (χ1n) is 5.77. The average molecular weight is 198 g/mol. The molecule has 2 unspecified atom stereocenters. The minimum absolute atomic E-state index is 0.401. The van der Waals surface area contributed by atoms with Crippen molar-refractivity contribution in [1.82, 2.24) is 0 Å². The molecule has 84 valence electrons. The molecule has 0 aromatic rings. The van der Waals surface area contributed by atoms with E-state index in [9.17, 15) is 5.11 Å². The highest BCUT2D eigenvalue weighted by Gasteiger charge is 2.26. The fourth-order valence-electron chi connectivity index (χ4n) is 1.74. The first kappa shape index (κ1) is 13.7. The van der Waals surface area contributed by atoms with Crippen LogP contribution in [0.15, 0.2) is 12.2 Å². The third kappa shape index (κ3) is 5.43. The van der Waals surface area contributed by atoms with Crippen LogP contribution < -0.4 is 0 Å². The second-order valence-electron chi connectivity index (χ2n) is 4.86. The van der Waals surface area contributed by atoms with Crippen LogP contribution in [-0.2, 0) is 0 Å². The summed E-state index contributed by atoms with van der Waals surface area (Å²) < 4.78 is 0. The molecular formula is C13H26O. The van der Waals surface area contributed by atoms with E-state index in [2.05, 4.69) is 20.4 Å². The first-order chi connectivity index (χ1) is 6.40. The molecule has 1 N–H and O–H groups in total. The second kappa shape index (κ2) is 6.23. The molecule has 0 spiro atoms. The van der Waals surface area contributed by atoms with Gasteiger partial charge in [-0.25, -0.2) is 0 Å². The second-order valence-corrected chi connectivity index (χ2v) is 4.86. The van der Waals surface area contributed by atoms with Crippen molar-refractivity contribution >= 4 is 0 Å². The van der Waals surface area contributed by atoms with Gasteiger partial charge in [-0.15, -0.1) is 6.58 Å². The van der Waals surface area contributed by atoms with Crippen molar-refractivity contribution in [1.29, 1.82) is 0 Å². The maximum absolute atomic E-state index is 10.2. The third-order valence-corrected chi connectivity index (χ3v) is 3.07. The van der Waals surface area contributed by atoms with Crippen LogP contribution in [-0.4, -0.2) is 10.7 Å². The molecule has 0 heterocycles. The van der Waals surface area contributed by atoms with Gasteiger partial charge >= 0.3 is 0 Å². The molecule has 14 heavy (non-hydrogen) atoms. The van der Waals surface area contributed by atoms with E-state index in [-0.39, 0.29) is 0 Å². The smallest absolute Gasteiger partial charge is 0.0645 e. The van der Waals surface area contributed by atoms with Crippen molar-refractivity contribution in [3.05, 3.63) is 12.2 Å². The zero-order valence-electron chi connectivity index (χ0n) is 10.3. The third-order valence-electron chi connectivity index (χ3n) is 3.07. The SMILES string of the molecule is C=C(C)CCCC(C)(O)C(C)CCC. The molecule has 0 aromatic carbocycles. The number of rotatable bonds is 7. The summed E-state index contributed by atoms with van der Waals surface area (Å²) in [5, 5.41) is 10.2. The Hall–Kier alpha value is -0.300. The summed E-state index contributed by atoms with van der Waals surface area (Å²) in [4.78, 5) is 0. The Balaban J connectivity index is 3.86. The normalized spacial score (nSPS) is 17.5. The van der Waals surface area contributed by atoms with Crippen LogP contribution in [0.2, 0.25) is 0 Å². The summed E-state index contributed by atoms with van der Waals surface area (Å²) >= 11 is 0. The number of hydrogen-bond acceptors (Lipinski definition) is 1. The Kier molecular flexibility index (Phi) is 6.10. The lowest BCUT2D eigenvalue weighted by Gasteiger charge is -2.30. The Morgan fingerprint density at radius 3 is 2.50 bits per heavy atom. The molecule has 0 aliphatic rings. The van der Waals surface area contributed by atoms with Gasteiger partial charge in [-0.05, 0) is 45.4 Å². The highest BCUT2D eigenvalue weighted by Crippen LogP contribution is 2.27. The van der Waals surface area contributed by atoms with Crippen LogP contribution in [0, 0.1) is 5.92 Å². The van der Waals surface area contributed by atoms with E-state index in [0.29, 0.717) is 5.92 Å². The van der Waals surface area contributed by atoms with Crippen molar-refractivity contribution in [3.8, 4) is 0 Å². The minimum Gasteiger partial charge on any atom is -0.390 e. The molecule has 0 aliphatic carbocycles. The van der Waals surface area contributed by atoms with Gasteiger partial charge in [0, 0.05) is 0 Å². The fourth-order valence-corrected chi connectivity index (χ4v) is 1.74. The molecule has 2 atom stereocenters. The lowest BCUT2D eigenvalue weighted by atomic mass is 9.83. The van der Waals surface area contributed by atoms with Crippen molar-refractivity contribution < 1.29 is 5.11 Å². The monoisotopic (exact) mass is 198 g/mol. The number of aliphatic hydroxyl groups is 1. The summed E-state index contributed by atoms with van der Waals surface area (Å²) in [5.41, 5.74) is 0.717. The van der Waals surface area contributed by atoms with Crippen molar-refractivity contribution in [2.45, 2.75) is 65.4 Å². The summed E-state index contributed by atoms with van der Waals surface area (Å²) in [6, 6.07) is 0. The molecule has 0 saturated heterocycles. The Morgan fingerprint density at radius 1 is 1.50 bits per heavy atom. The van der Waals surface area contributed by atoms with E-state index in [1.165, 1.54) is 5.57 Å². The van der Waals surface area contributed by atoms with Crippen LogP contribution >= 0.6 is 0 Å². The standard InChI is InChI=1S/C13H26O/c1-6-8-12(4)13(5,14)10-7-9-11(2)3/h12,14H,2,6-10H2,1,3-5H3. The van der Waals surface area contributed by atoms with Crippen LogP contribution in [0.3, 0.4) is 0 Å². The van der Waals surface area contributed by atoms with Crippen molar-refractivity contribution in [3.63, 3.8) is 0 Å². The number of allylic oxidation sites excluding steroid dienone is 1. The molecule has 0 fully saturated rings. The molecule has 0 radical (unpaired) electrons. The van der Waals surface area contributed by atoms with Gasteiger partial charge in [0.15, 0.2) is 0 Å². The quantitative estimate of drug-likeness (QED) is 0.615. The predicted octanol–water partition coefficient (Wildman–Crippen LogP) is 3.92. The topological polar surface area (TPSA) is 20.2 Å². The summed E-state index contributed by atoms with van der Waals surface area (Å²) in [5.74, 6) is 0.401. The van der Waals surface area contributed by atoms with Gasteiger partial charge in [0.1, 0.15) is 0 Å². The van der Waals surface area contributed by atoms with E-state index >= 15 is 0 Å². The lowest BCUT2D eigenvalue weighted by Crippen LogP contribution is -2.32. The zero-order valence-corrected chi connectivity index (χ0v) is 10.3. The van der Waals surface area contributed by atoms with Crippen molar-refractivity contribution in [2.75, 3.05) is 0 Å². The van der Waals surface area contributed by atoms with E-state index in [1.807, 2.05) is 13.8 Å². The Bertz CT molecular complexity index is 170.